The summed E-state index contributed by atoms with van der Waals surface area (Å²) in [6, 6.07) is 0. The van der Waals surface area contributed by atoms with Crippen LogP contribution in [0.1, 0.15) is 0 Å². The van der Waals surface area contributed by atoms with E-state index in [1.165, 1.54) is 6.33 Å². The maximum Gasteiger partial charge on any atom is 0.218 e. The van der Waals surface area contributed by atoms with Crippen LogP contribution in [-0.4, -0.2) is 15.2 Å². The molecule has 0 saturated heterocycles. The maximum atomic E-state index is 5.23. The Morgan fingerprint density at radius 2 is 2.43 bits per heavy atom. The summed E-state index contributed by atoms with van der Waals surface area (Å²) in [5.74, 6) is 0. The minimum atomic E-state index is 0. The molecule has 5 heteroatoms. The average Bonchev–Trinajstić information content (AvgIpc) is 1.86. The van der Waals surface area contributed by atoms with E-state index in [1.54, 1.807) is 0 Å². The number of nitrogens with one attached hydrogen (secondary N) is 1. The van der Waals surface area contributed by atoms with Gasteiger partial charge in [-0.1, -0.05) is 0 Å². The zero-order chi connectivity index (χ0) is 4.41. The van der Waals surface area contributed by atoms with Crippen LogP contribution >= 0.6 is 24.0 Å². The summed E-state index contributed by atoms with van der Waals surface area (Å²) in [6.07, 6.45) is 1.35. The molecule has 0 spiro atoms. The van der Waals surface area contributed by atoms with E-state index < -0.39 is 0 Å². The fourth-order valence-electron chi connectivity index (χ4n) is 0.191. The molecule has 1 heterocycles. The SMILES string of the molecule is Cl.Clc1ncn[nH]1. The van der Waals surface area contributed by atoms with Crippen LogP contribution in [0.4, 0.5) is 0 Å². The standard InChI is InChI=1S/C2H2ClN3.ClH/c3-2-4-1-5-6-2;/h1H,(H,4,5,6);1H. The fraction of sp³-hybridized carbons (Fsp3) is 0. The first-order chi connectivity index (χ1) is 2.89. The van der Waals surface area contributed by atoms with Crippen molar-refractivity contribution in [3.8, 4) is 0 Å². The van der Waals surface area contributed by atoms with Crippen molar-refractivity contribution in [1.29, 1.82) is 0 Å². The molecule has 0 unspecified atom stereocenters. The number of aromatic amines is 1. The summed E-state index contributed by atoms with van der Waals surface area (Å²) in [5.41, 5.74) is 0. The molecule has 1 aromatic rings. The molecule has 0 atom stereocenters. The molecule has 0 fully saturated rings. The molecule has 1 rings (SSSR count). The Bertz CT molecular complexity index is 114. The summed E-state index contributed by atoms with van der Waals surface area (Å²) >= 11 is 5.23. The predicted octanol–water partition coefficient (Wildman–Crippen LogP) is 0.880. The van der Waals surface area contributed by atoms with Gasteiger partial charge in [0.2, 0.25) is 5.28 Å². The maximum absolute atomic E-state index is 5.23. The summed E-state index contributed by atoms with van der Waals surface area (Å²) in [6.45, 7) is 0. The van der Waals surface area contributed by atoms with Crippen molar-refractivity contribution in [2.45, 2.75) is 0 Å². The number of H-pyrrole nitrogens is 1. The van der Waals surface area contributed by atoms with Gasteiger partial charge in [0.25, 0.3) is 0 Å². The van der Waals surface area contributed by atoms with Crippen molar-refractivity contribution in [3.63, 3.8) is 0 Å². The quantitative estimate of drug-likeness (QED) is 0.581. The van der Waals surface area contributed by atoms with Crippen LogP contribution in [0, 0.1) is 0 Å². The minimum absolute atomic E-state index is 0. The second kappa shape index (κ2) is 2.82. The highest BCUT2D eigenvalue weighted by Gasteiger charge is 1.78. The van der Waals surface area contributed by atoms with E-state index in [-0.39, 0.29) is 12.4 Å². The number of rotatable bonds is 0. The number of halogens is 2. The normalized spacial score (nSPS) is 7.57. The van der Waals surface area contributed by atoms with Gasteiger partial charge in [0.1, 0.15) is 6.33 Å². The van der Waals surface area contributed by atoms with Gasteiger partial charge in [0.05, 0.1) is 0 Å². The molecule has 3 nitrogen and oxygen atoms in total. The van der Waals surface area contributed by atoms with Gasteiger partial charge in [-0.15, -0.1) is 12.4 Å². The van der Waals surface area contributed by atoms with Gasteiger partial charge in [0, 0.05) is 0 Å². The highest BCUT2D eigenvalue weighted by molar-refractivity contribution is 6.28. The molecule has 0 saturated carbocycles. The van der Waals surface area contributed by atoms with Gasteiger partial charge >= 0.3 is 0 Å². The van der Waals surface area contributed by atoms with Gasteiger partial charge in [-0.3, -0.25) is 0 Å². The predicted molar refractivity (Wildman–Crippen MR) is 28.6 cm³/mol. The molecular formula is C2H3Cl2N3. The second-order valence-electron chi connectivity index (χ2n) is 0.776. The number of nitrogens with zero attached hydrogens (tertiary/aromatic N) is 2. The van der Waals surface area contributed by atoms with E-state index in [1.807, 2.05) is 0 Å². The van der Waals surface area contributed by atoms with Crippen molar-refractivity contribution in [1.82, 2.24) is 15.2 Å². The van der Waals surface area contributed by atoms with Crippen LogP contribution in [0.5, 0.6) is 0 Å². The third-order valence-corrected chi connectivity index (χ3v) is 0.568. The lowest BCUT2D eigenvalue weighted by molar-refractivity contribution is 1.09. The van der Waals surface area contributed by atoms with Gasteiger partial charge in [-0.05, 0) is 11.6 Å². The number of aromatic nitrogens is 3. The molecule has 1 aromatic heterocycles. The topological polar surface area (TPSA) is 41.6 Å². The van der Waals surface area contributed by atoms with Crippen LogP contribution in [0.15, 0.2) is 6.33 Å². The number of hydrogen-bond donors (Lipinski definition) is 1. The zero-order valence-electron chi connectivity index (χ0n) is 3.26. The van der Waals surface area contributed by atoms with E-state index >= 15 is 0 Å². The largest absolute Gasteiger partial charge is 0.250 e. The highest BCUT2D eigenvalue weighted by atomic mass is 35.5. The van der Waals surface area contributed by atoms with E-state index in [2.05, 4.69) is 15.2 Å². The number of hydrogen-bond acceptors (Lipinski definition) is 2. The van der Waals surface area contributed by atoms with Crippen molar-refractivity contribution in [2.24, 2.45) is 0 Å². The lowest BCUT2D eigenvalue weighted by atomic mass is 11.3. The zero-order valence-corrected chi connectivity index (χ0v) is 4.83. The minimum Gasteiger partial charge on any atom is -0.250 e. The van der Waals surface area contributed by atoms with E-state index in [9.17, 15) is 0 Å². The van der Waals surface area contributed by atoms with E-state index in [0.29, 0.717) is 5.28 Å². The third kappa shape index (κ3) is 1.75. The van der Waals surface area contributed by atoms with Gasteiger partial charge in [-0.25, -0.2) is 10.1 Å². The lowest BCUT2D eigenvalue weighted by Gasteiger charge is -1.62. The summed E-state index contributed by atoms with van der Waals surface area (Å²) in [7, 11) is 0. The molecule has 0 aliphatic heterocycles. The Morgan fingerprint density at radius 1 is 1.71 bits per heavy atom. The molecule has 0 aliphatic rings. The van der Waals surface area contributed by atoms with Crippen LogP contribution in [0.2, 0.25) is 5.28 Å². The Kier molecular flexibility index (Phi) is 2.71. The molecular weight excluding hydrogens is 137 g/mol. The average molecular weight is 140 g/mol. The van der Waals surface area contributed by atoms with E-state index in [4.69, 9.17) is 11.6 Å². The van der Waals surface area contributed by atoms with Crippen LogP contribution in [0.25, 0.3) is 0 Å². The van der Waals surface area contributed by atoms with Gasteiger partial charge < -0.3 is 0 Å². The van der Waals surface area contributed by atoms with Crippen LogP contribution in [-0.2, 0) is 0 Å². The molecule has 0 radical (unpaired) electrons. The monoisotopic (exact) mass is 139 g/mol. The van der Waals surface area contributed by atoms with Crippen molar-refractivity contribution in [2.75, 3.05) is 0 Å². The summed E-state index contributed by atoms with van der Waals surface area (Å²) < 4.78 is 0. The molecule has 1 N–H and O–H groups in total. The Balaban J connectivity index is 0.000000360. The molecule has 7 heavy (non-hydrogen) atoms. The summed E-state index contributed by atoms with van der Waals surface area (Å²) in [5, 5.41) is 6.19. The fourth-order valence-corrected chi connectivity index (χ4v) is 0.283. The van der Waals surface area contributed by atoms with Crippen molar-refractivity contribution in [3.05, 3.63) is 11.6 Å². The Labute approximate surface area is 51.5 Å². The molecule has 0 bridgehead atoms. The van der Waals surface area contributed by atoms with E-state index in [0.717, 1.165) is 0 Å². The second-order valence-corrected chi connectivity index (χ2v) is 1.13. The molecule has 0 amide bonds. The first kappa shape index (κ1) is 6.72. The van der Waals surface area contributed by atoms with Crippen molar-refractivity contribution < 1.29 is 0 Å². The first-order valence-corrected chi connectivity index (χ1v) is 1.78. The molecule has 40 valence electrons. The lowest BCUT2D eigenvalue weighted by Crippen LogP contribution is -1.60. The Hall–Kier alpha value is -0.280. The van der Waals surface area contributed by atoms with Crippen LogP contribution in [0.3, 0.4) is 0 Å². The van der Waals surface area contributed by atoms with Crippen molar-refractivity contribution >= 4 is 24.0 Å². The summed E-state index contributed by atoms with van der Waals surface area (Å²) in [4.78, 5) is 3.52. The molecule has 0 aliphatic carbocycles. The van der Waals surface area contributed by atoms with Gasteiger partial charge in [0.15, 0.2) is 0 Å². The highest BCUT2D eigenvalue weighted by Crippen LogP contribution is 1.90. The van der Waals surface area contributed by atoms with Crippen LogP contribution < -0.4 is 0 Å². The first-order valence-electron chi connectivity index (χ1n) is 1.40. The third-order valence-electron chi connectivity index (χ3n) is 0.386. The smallest absolute Gasteiger partial charge is 0.218 e. The van der Waals surface area contributed by atoms with Gasteiger partial charge in [-0.2, -0.15) is 5.10 Å². The Morgan fingerprint density at radius 3 is 2.57 bits per heavy atom. The molecule has 0 aromatic carbocycles.